The molecule has 0 aliphatic heterocycles. The molecule has 2 aromatic rings. The highest BCUT2D eigenvalue weighted by Gasteiger charge is 2.04. The van der Waals surface area contributed by atoms with E-state index in [0.717, 1.165) is 4.47 Å². The Morgan fingerprint density at radius 3 is 2.91 bits per heavy atom. The molecule has 1 aromatic carbocycles. The van der Waals surface area contributed by atoms with Crippen LogP contribution in [0.25, 0.3) is 0 Å². The van der Waals surface area contributed by atoms with Gasteiger partial charge in [-0.3, -0.25) is 9.59 Å². The van der Waals surface area contributed by atoms with Gasteiger partial charge >= 0.3 is 0 Å². The summed E-state index contributed by atoms with van der Waals surface area (Å²) in [6, 6.07) is 10.0. The second-order valence-corrected chi connectivity index (χ2v) is 5.00. The van der Waals surface area contributed by atoms with Gasteiger partial charge in [0, 0.05) is 10.5 Å². The summed E-state index contributed by atoms with van der Waals surface area (Å²) in [5.74, 6) is 5.86. The zero-order valence-corrected chi connectivity index (χ0v) is 13.0. The fourth-order valence-electron chi connectivity index (χ4n) is 1.48. The fraction of sp³-hybridized carbons (Fsp3) is 0.133. The van der Waals surface area contributed by atoms with Gasteiger partial charge in [-0.2, -0.15) is 5.10 Å². The van der Waals surface area contributed by atoms with Crippen molar-refractivity contribution in [3.63, 3.8) is 0 Å². The van der Waals surface area contributed by atoms with Crippen molar-refractivity contribution >= 4 is 21.8 Å². The van der Waals surface area contributed by atoms with Crippen LogP contribution in [-0.4, -0.2) is 29.3 Å². The van der Waals surface area contributed by atoms with E-state index >= 15 is 0 Å². The summed E-state index contributed by atoms with van der Waals surface area (Å²) in [5, 5.41) is 8.37. The van der Waals surface area contributed by atoms with Gasteiger partial charge in [0.15, 0.2) is 0 Å². The zero-order chi connectivity index (χ0) is 15.8. The van der Waals surface area contributed by atoms with E-state index in [1.165, 1.54) is 12.1 Å². The number of carbonyl (C=O) groups is 1. The smallest absolute Gasteiger partial charge is 0.272 e. The predicted octanol–water partition coefficient (Wildman–Crippen LogP) is 1.34. The van der Waals surface area contributed by atoms with Crippen molar-refractivity contribution in [2.24, 2.45) is 0 Å². The Kier molecular flexibility index (Phi) is 5.74. The van der Waals surface area contributed by atoms with Gasteiger partial charge < -0.3 is 10.1 Å². The van der Waals surface area contributed by atoms with Gasteiger partial charge in [0.25, 0.3) is 11.5 Å². The Morgan fingerprint density at radius 1 is 1.32 bits per heavy atom. The van der Waals surface area contributed by atoms with Gasteiger partial charge in [-0.15, -0.1) is 0 Å². The first-order chi connectivity index (χ1) is 10.6. The lowest BCUT2D eigenvalue weighted by Gasteiger charge is -2.01. The first-order valence-electron chi connectivity index (χ1n) is 6.33. The van der Waals surface area contributed by atoms with Crippen LogP contribution >= 0.6 is 15.9 Å². The minimum Gasteiger partial charge on any atom is -0.481 e. The third kappa shape index (κ3) is 5.07. The van der Waals surface area contributed by atoms with Crippen molar-refractivity contribution in [2.75, 3.05) is 13.2 Å². The molecule has 0 fully saturated rings. The summed E-state index contributed by atoms with van der Waals surface area (Å²) < 4.78 is 6.35. The summed E-state index contributed by atoms with van der Waals surface area (Å²) in [6.07, 6.45) is 0. The van der Waals surface area contributed by atoms with Gasteiger partial charge in [-0.1, -0.05) is 33.8 Å². The molecule has 0 spiro atoms. The average Bonchev–Trinajstić information content (AvgIpc) is 2.51. The number of halogens is 1. The maximum atomic E-state index is 11.6. The number of nitrogens with one attached hydrogen (secondary N) is 2. The van der Waals surface area contributed by atoms with Gasteiger partial charge in [0.05, 0.1) is 6.54 Å². The summed E-state index contributed by atoms with van der Waals surface area (Å²) >= 11 is 3.35. The average molecular weight is 362 g/mol. The molecular formula is C15H12BrN3O3. The lowest BCUT2D eigenvalue weighted by molar-refractivity contribution is 0.0952. The number of nitrogens with zero attached hydrogens (tertiary/aromatic N) is 1. The molecule has 1 amide bonds. The predicted molar refractivity (Wildman–Crippen MR) is 84.6 cm³/mol. The highest BCUT2D eigenvalue weighted by Crippen LogP contribution is 2.17. The van der Waals surface area contributed by atoms with Crippen molar-refractivity contribution in [1.29, 1.82) is 0 Å². The second kappa shape index (κ2) is 8.00. The Labute approximate surface area is 135 Å². The number of amides is 1. The molecular weight excluding hydrogens is 350 g/mol. The van der Waals surface area contributed by atoms with E-state index < -0.39 is 5.91 Å². The van der Waals surface area contributed by atoms with Gasteiger partial charge in [0.1, 0.15) is 18.1 Å². The molecule has 0 saturated carbocycles. The van der Waals surface area contributed by atoms with Crippen molar-refractivity contribution < 1.29 is 9.53 Å². The lowest BCUT2D eigenvalue weighted by atomic mass is 10.3. The Morgan fingerprint density at radius 2 is 2.18 bits per heavy atom. The van der Waals surface area contributed by atoms with E-state index in [4.69, 9.17) is 4.74 Å². The first-order valence-corrected chi connectivity index (χ1v) is 7.12. The SMILES string of the molecule is O=C(NCC#CCOc1cccc(Br)c1)c1ccc(=O)[nH]n1. The monoisotopic (exact) mass is 361 g/mol. The number of hydrogen-bond acceptors (Lipinski definition) is 4. The van der Waals surface area contributed by atoms with Crippen LogP contribution in [-0.2, 0) is 0 Å². The normalized spacial score (nSPS) is 9.50. The van der Waals surface area contributed by atoms with Crippen LogP contribution in [0.3, 0.4) is 0 Å². The van der Waals surface area contributed by atoms with Crippen molar-refractivity contribution in [2.45, 2.75) is 0 Å². The highest BCUT2D eigenvalue weighted by molar-refractivity contribution is 9.10. The number of aromatic nitrogens is 2. The molecule has 0 bridgehead atoms. The molecule has 0 aliphatic carbocycles. The van der Waals surface area contributed by atoms with Crippen molar-refractivity contribution in [3.8, 4) is 17.6 Å². The molecule has 0 unspecified atom stereocenters. The number of H-pyrrole nitrogens is 1. The minimum absolute atomic E-state index is 0.131. The topological polar surface area (TPSA) is 84.1 Å². The van der Waals surface area contributed by atoms with Crippen molar-refractivity contribution in [3.05, 3.63) is 56.9 Å². The molecule has 7 heteroatoms. The van der Waals surface area contributed by atoms with E-state index in [2.05, 4.69) is 43.3 Å². The molecule has 112 valence electrons. The van der Waals surface area contributed by atoms with Crippen LogP contribution in [0.15, 0.2) is 45.7 Å². The third-order valence-electron chi connectivity index (χ3n) is 2.48. The number of aromatic amines is 1. The minimum atomic E-state index is -0.404. The summed E-state index contributed by atoms with van der Waals surface area (Å²) in [7, 11) is 0. The largest absolute Gasteiger partial charge is 0.481 e. The Hall–Kier alpha value is -2.59. The molecule has 0 radical (unpaired) electrons. The van der Waals surface area contributed by atoms with E-state index in [1.807, 2.05) is 24.3 Å². The fourth-order valence-corrected chi connectivity index (χ4v) is 1.85. The molecule has 2 N–H and O–H groups in total. The van der Waals surface area contributed by atoms with Crippen LogP contribution in [0.5, 0.6) is 5.75 Å². The maximum absolute atomic E-state index is 11.6. The van der Waals surface area contributed by atoms with Crippen LogP contribution in [0, 0.1) is 11.8 Å². The molecule has 1 aromatic heterocycles. The maximum Gasteiger partial charge on any atom is 0.272 e. The standard InChI is InChI=1S/C15H12BrN3O3/c16-11-4-3-5-12(10-11)22-9-2-1-8-17-15(21)13-6-7-14(20)19-18-13/h3-7,10H,8-9H2,(H,17,21)(H,19,20). The van der Waals surface area contributed by atoms with E-state index in [-0.39, 0.29) is 24.4 Å². The molecule has 2 rings (SSSR count). The van der Waals surface area contributed by atoms with E-state index in [0.29, 0.717) is 5.75 Å². The third-order valence-corrected chi connectivity index (χ3v) is 2.97. The van der Waals surface area contributed by atoms with Crippen molar-refractivity contribution in [1.82, 2.24) is 15.5 Å². The second-order valence-electron chi connectivity index (χ2n) is 4.09. The molecule has 0 aliphatic rings. The van der Waals surface area contributed by atoms with Crippen LogP contribution in [0.4, 0.5) is 0 Å². The Bertz CT molecular complexity index is 757. The molecule has 0 saturated heterocycles. The molecule has 0 atom stereocenters. The van der Waals surface area contributed by atoms with Gasteiger partial charge in [-0.05, 0) is 24.3 Å². The molecule has 6 nitrogen and oxygen atoms in total. The number of ether oxygens (including phenoxy) is 1. The quantitative estimate of drug-likeness (QED) is 0.805. The first kappa shape index (κ1) is 15.8. The summed E-state index contributed by atoms with van der Waals surface area (Å²) in [5.41, 5.74) is -0.229. The summed E-state index contributed by atoms with van der Waals surface area (Å²) in [6.45, 7) is 0.394. The Balaban J connectivity index is 1.74. The van der Waals surface area contributed by atoms with E-state index in [1.54, 1.807) is 0 Å². The van der Waals surface area contributed by atoms with Gasteiger partial charge in [-0.25, -0.2) is 5.10 Å². The lowest BCUT2D eigenvalue weighted by Crippen LogP contribution is -2.26. The highest BCUT2D eigenvalue weighted by atomic mass is 79.9. The molecule has 1 heterocycles. The zero-order valence-electron chi connectivity index (χ0n) is 11.4. The van der Waals surface area contributed by atoms with Crippen LogP contribution in [0.2, 0.25) is 0 Å². The van der Waals surface area contributed by atoms with E-state index in [9.17, 15) is 9.59 Å². The summed E-state index contributed by atoms with van der Waals surface area (Å²) in [4.78, 5) is 22.5. The molecule has 22 heavy (non-hydrogen) atoms. The van der Waals surface area contributed by atoms with Crippen LogP contribution in [0.1, 0.15) is 10.5 Å². The van der Waals surface area contributed by atoms with Crippen LogP contribution < -0.4 is 15.6 Å². The number of benzene rings is 1. The number of carbonyl (C=O) groups excluding carboxylic acids is 1. The number of hydrogen-bond donors (Lipinski definition) is 2. The van der Waals surface area contributed by atoms with Gasteiger partial charge in [0.2, 0.25) is 0 Å². The number of rotatable bonds is 4.